The lowest BCUT2D eigenvalue weighted by atomic mass is 10.0. The molecular weight excluding hydrogens is 200 g/mol. The first-order chi connectivity index (χ1) is 7.77. The minimum Gasteiger partial charge on any atom is -0.341 e. The molecule has 0 aromatic heterocycles. The number of carbonyl (C=O) groups is 1. The summed E-state index contributed by atoms with van der Waals surface area (Å²) < 4.78 is 0. The minimum absolute atomic E-state index is 0.348. The molecule has 0 radical (unpaired) electrons. The molecule has 2 aliphatic rings. The van der Waals surface area contributed by atoms with Crippen molar-refractivity contribution in [3.05, 3.63) is 0 Å². The van der Waals surface area contributed by atoms with Crippen LogP contribution in [0.15, 0.2) is 0 Å². The van der Waals surface area contributed by atoms with E-state index < -0.39 is 0 Å². The summed E-state index contributed by atoms with van der Waals surface area (Å²) in [4.78, 5) is 14.0. The van der Waals surface area contributed by atoms with Gasteiger partial charge in [0.15, 0.2) is 0 Å². The molecule has 1 aliphatic heterocycles. The predicted molar refractivity (Wildman–Crippen MR) is 65.2 cm³/mol. The van der Waals surface area contributed by atoms with Gasteiger partial charge in [-0.1, -0.05) is 25.7 Å². The van der Waals surface area contributed by atoms with E-state index in [4.69, 9.17) is 0 Å². The molecule has 3 heteroatoms. The number of rotatable bonds is 4. The van der Waals surface area contributed by atoms with Gasteiger partial charge in [-0.2, -0.15) is 0 Å². The first kappa shape index (κ1) is 11.9. The van der Waals surface area contributed by atoms with Gasteiger partial charge in [-0.15, -0.1) is 0 Å². The highest BCUT2D eigenvalue weighted by Gasteiger charge is 2.24. The first-order valence-corrected chi connectivity index (χ1v) is 6.74. The van der Waals surface area contributed by atoms with Crippen molar-refractivity contribution in [1.82, 2.24) is 10.2 Å². The second-order valence-electron chi connectivity index (χ2n) is 5.34. The normalized spacial score (nSPS) is 26.2. The SMILES string of the molecule is CN(C(=O)CCC1CCCC1)C1CCNC1. The molecule has 3 nitrogen and oxygen atoms in total. The third kappa shape index (κ3) is 2.97. The Labute approximate surface area is 98.6 Å². The Hall–Kier alpha value is -0.570. The molecule has 0 aromatic rings. The number of carbonyl (C=O) groups excluding carboxylic acids is 1. The van der Waals surface area contributed by atoms with Crippen LogP contribution in [0.5, 0.6) is 0 Å². The van der Waals surface area contributed by atoms with E-state index in [0.29, 0.717) is 11.9 Å². The van der Waals surface area contributed by atoms with Gasteiger partial charge < -0.3 is 10.2 Å². The Kier molecular flexibility index (Phi) is 4.22. The molecule has 0 aromatic carbocycles. The molecule has 2 rings (SSSR count). The molecule has 0 spiro atoms. The van der Waals surface area contributed by atoms with Gasteiger partial charge in [0.2, 0.25) is 5.91 Å². The molecule has 1 unspecified atom stereocenters. The molecule has 16 heavy (non-hydrogen) atoms. The van der Waals surface area contributed by atoms with Gasteiger partial charge in [-0.3, -0.25) is 4.79 Å². The van der Waals surface area contributed by atoms with Crippen LogP contribution in [0.4, 0.5) is 0 Å². The molecule has 1 saturated carbocycles. The van der Waals surface area contributed by atoms with Crippen LogP contribution < -0.4 is 5.32 Å². The summed E-state index contributed by atoms with van der Waals surface area (Å²) in [6.45, 7) is 2.04. The zero-order valence-electron chi connectivity index (χ0n) is 10.4. The lowest BCUT2D eigenvalue weighted by molar-refractivity contribution is -0.131. The fourth-order valence-corrected chi connectivity index (χ4v) is 2.98. The number of nitrogens with one attached hydrogen (secondary N) is 1. The van der Waals surface area contributed by atoms with Crippen molar-refractivity contribution in [2.45, 2.75) is 51.0 Å². The number of hydrogen-bond acceptors (Lipinski definition) is 2. The largest absolute Gasteiger partial charge is 0.341 e. The van der Waals surface area contributed by atoms with E-state index in [0.717, 1.165) is 38.3 Å². The topological polar surface area (TPSA) is 32.3 Å². The summed E-state index contributed by atoms with van der Waals surface area (Å²) >= 11 is 0. The molecule has 1 heterocycles. The van der Waals surface area contributed by atoms with Gasteiger partial charge in [0.25, 0.3) is 0 Å². The zero-order chi connectivity index (χ0) is 11.4. The summed E-state index contributed by atoms with van der Waals surface area (Å²) in [6, 6.07) is 0.441. The maximum Gasteiger partial charge on any atom is 0.222 e. The van der Waals surface area contributed by atoms with Crippen molar-refractivity contribution in [2.75, 3.05) is 20.1 Å². The number of likely N-dealkylation sites (N-methyl/N-ethyl adjacent to an activating group) is 1. The van der Waals surface area contributed by atoms with Crippen molar-refractivity contribution < 1.29 is 4.79 Å². The Bertz CT molecular complexity index is 230. The van der Waals surface area contributed by atoms with Gasteiger partial charge >= 0.3 is 0 Å². The number of hydrogen-bond donors (Lipinski definition) is 1. The van der Waals surface area contributed by atoms with Gasteiger partial charge in [0.1, 0.15) is 0 Å². The quantitative estimate of drug-likeness (QED) is 0.789. The van der Waals surface area contributed by atoms with Crippen LogP contribution in [0.3, 0.4) is 0 Å². The molecule has 1 atom stereocenters. The molecule has 1 N–H and O–H groups in total. The van der Waals surface area contributed by atoms with Crippen molar-refractivity contribution in [1.29, 1.82) is 0 Å². The highest BCUT2D eigenvalue weighted by atomic mass is 16.2. The number of nitrogens with zero attached hydrogens (tertiary/aromatic N) is 1. The van der Waals surface area contributed by atoms with Crippen LogP contribution >= 0.6 is 0 Å². The summed E-state index contributed by atoms with van der Waals surface area (Å²) in [5.74, 6) is 1.18. The molecule has 92 valence electrons. The maximum absolute atomic E-state index is 12.0. The monoisotopic (exact) mass is 224 g/mol. The van der Waals surface area contributed by atoms with Gasteiger partial charge in [0.05, 0.1) is 0 Å². The summed E-state index contributed by atoms with van der Waals surface area (Å²) in [5.41, 5.74) is 0. The van der Waals surface area contributed by atoms with Crippen LogP contribution in [-0.4, -0.2) is 37.0 Å². The van der Waals surface area contributed by atoms with Gasteiger partial charge in [-0.05, 0) is 25.3 Å². The van der Waals surface area contributed by atoms with E-state index >= 15 is 0 Å². The third-order valence-corrected chi connectivity index (χ3v) is 4.22. The van der Waals surface area contributed by atoms with Gasteiger partial charge in [-0.25, -0.2) is 0 Å². The molecule has 1 saturated heterocycles. The number of amides is 1. The Morgan fingerprint density at radius 1 is 1.31 bits per heavy atom. The average Bonchev–Trinajstić information content (AvgIpc) is 2.96. The van der Waals surface area contributed by atoms with Crippen molar-refractivity contribution in [3.8, 4) is 0 Å². The molecular formula is C13H24N2O. The second-order valence-corrected chi connectivity index (χ2v) is 5.34. The molecule has 0 bridgehead atoms. The van der Waals surface area contributed by atoms with Crippen LogP contribution in [0.1, 0.15) is 44.9 Å². The highest BCUT2D eigenvalue weighted by Crippen LogP contribution is 2.28. The second kappa shape index (κ2) is 5.67. The lowest BCUT2D eigenvalue weighted by Gasteiger charge is -2.24. The molecule has 1 aliphatic carbocycles. The Morgan fingerprint density at radius 3 is 2.69 bits per heavy atom. The summed E-state index contributed by atoms with van der Waals surface area (Å²) in [7, 11) is 1.97. The van der Waals surface area contributed by atoms with E-state index in [2.05, 4.69) is 5.32 Å². The van der Waals surface area contributed by atoms with E-state index in [1.807, 2.05) is 11.9 Å². The molecule has 2 fully saturated rings. The fourth-order valence-electron chi connectivity index (χ4n) is 2.98. The Balaban J connectivity index is 1.69. The van der Waals surface area contributed by atoms with E-state index in [9.17, 15) is 4.79 Å². The fraction of sp³-hybridized carbons (Fsp3) is 0.923. The van der Waals surface area contributed by atoms with Crippen LogP contribution in [0.25, 0.3) is 0 Å². The van der Waals surface area contributed by atoms with Crippen LogP contribution in [0.2, 0.25) is 0 Å². The van der Waals surface area contributed by atoms with Crippen molar-refractivity contribution >= 4 is 5.91 Å². The van der Waals surface area contributed by atoms with Crippen LogP contribution in [0, 0.1) is 5.92 Å². The maximum atomic E-state index is 12.0. The van der Waals surface area contributed by atoms with E-state index in [1.54, 1.807) is 0 Å². The highest BCUT2D eigenvalue weighted by molar-refractivity contribution is 5.76. The van der Waals surface area contributed by atoms with E-state index in [-0.39, 0.29) is 0 Å². The van der Waals surface area contributed by atoms with E-state index in [1.165, 1.54) is 25.7 Å². The summed E-state index contributed by atoms with van der Waals surface area (Å²) in [6.07, 6.45) is 8.44. The first-order valence-electron chi connectivity index (χ1n) is 6.74. The average molecular weight is 224 g/mol. The minimum atomic E-state index is 0.348. The third-order valence-electron chi connectivity index (χ3n) is 4.22. The summed E-state index contributed by atoms with van der Waals surface area (Å²) in [5, 5.41) is 3.31. The Morgan fingerprint density at radius 2 is 2.06 bits per heavy atom. The zero-order valence-corrected chi connectivity index (χ0v) is 10.4. The van der Waals surface area contributed by atoms with Gasteiger partial charge in [0, 0.05) is 26.1 Å². The lowest BCUT2D eigenvalue weighted by Crippen LogP contribution is -2.38. The smallest absolute Gasteiger partial charge is 0.222 e. The predicted octanol–water partition coefficient (Wildman–Crippen LogP) is 1.78. The molecule has 1 amide bonds. The standard InChI is InChI=1S/C13H24N2O/c1-15(12-8-9-14-10-12)13(16)7-6-11-4-2-3-5-11/h11-12,14H,2-10H2,1H3. The van der Waals surface area contributed by atoms with Crippen molar-refractivity contribution in [3.63, 3.8) is 0 Å². The van der Waals surface area contributed by atoms with Crippen molar-refractivity contribution in [2.24, 2.45) is 5.92 Å². The van der Waals surface area contributed by atoms with Crippen LogP contribution in [-0.2, 0) is 4.79 Å².